The van der Waals surface area contributed by atoms with Crippen LogP contribution in [0.5, 0.6) is 0 Å². The Balaban J connectivity index is 0.000000660. The van der Waals surface area contributed by atoms with Crippen molar-refractivity contribution in [2.75, 3.05) is 13.2 Å². The third-order valence-corrected chi connectivity index (χ3v) is 5.70. The molecule has 2 saturated heterocycles. The smallest absolute Gasteiger partial charge is 0.0980 e. The minimum atomic E-state index is 0.251. The molecule has 0 N–H and O–H groups in total. The summed E-state index contributed by atoms with van der Waals surface area (Å²) in [6.45, 7) is 12.1. The second kappa shape index (κ2) is 12.0. The zero-order chi connectivity index (χ0) is 20.4. The first kappa shape index (κ1) is 22.6. The van der Waals surface area contributed by atoms with Crippen molar-refractivity contribution in [3.63, 3.8) is 0 Å². The van der Waals surface area contributed by atoms with Gasteiger partial charge in [-0.25, -0.2) is 0 Å². The van der Waals surface area contributed by atoms with Gasteiger partial charge in [-0.15, -0.1) is 0 Å². The standard InChI is InChI=1S/C22H27NO.2C2H6/c1-17-7-10-19(11-8-17)22-21-14-13-20(23(21)15-16-24-22)12-9-18-5-3-2-4-6-18;2*1-2/h2-8,10-11,20-22H,9,12-16H2,1H3;2*1-2H3/t20-,21+,22+;;/m1../s1. The van der Waals surface area contributed by atoms with E-state index in [-0.39, 0.29) is 6.10 Å². The first-order chi connectivity index (χ1) is 13.8. The highest BCUT2D eigenvalue weighted by molar-refractivity contribution is 5.25. The third kappa shape index (κ3) is 5.68. The van der Waals surface area contributed by atoms with Gasteiger partial charge >= 0.3 is 0 Å². The van der Waals surface area contributed by atoms with Crippen LogP contribution in [0, 0.1) is 6.92 Å². The summed E-state index contributed by atoms with van der Waals surface area (Å²) in [6.07, 6.45) is 5.27. The monoisotopic (exact) mass is 381 g/mol. The topological polar surface area (TPSA) is 12.5 Å². The van der Waals surface area contributed by atoms with Crippen LogP contribution in [0.25, 0.3) is 0 Å². The lowest BCUT2D eigenvalue weighted by atomic mass is 9.98. The Morgan fingerprint density at radius 2 is 1.57 bits per heavy atom. The molecule has 154 valence electrons. The quantitative estimate of drug-likeness (QED) is 0.593. The van der Waals surface area contributed by atoms with Gasteiger partial charge in [0, 0.05) is 18.6 Å². The lowest BCUT2D eigenvalue weighted by molar-refractivity contribution is -0.0686. The summed E-state index contributed by atoms with van der Waals surface area (Å²) in [5.74, 6) is 0. The third-order valence-electron chi connectivity index (χ3n) is 5.70. The van der Waals surface area contributed by atoms with Gasteiger partial charge in [-0.2, -0.15) is 0 Å². The molecule has 2 nitrogen and oxygen atoms in total. The molecule has 4 rings (SSSR count). The molecule has 0 unspecified atom stereocenters. The van der Waals surface area contributed by atoms with Crippen molar-refractivity contribution in [1.82, 2.24) is 4.90 Å². The van der Waals surface area contributed by atoms with E-state index < -0.39 is 0 Å². The summed E-state index contributed by atoms with van der Waals surface area (Å²) < 4.78 is 6.19. The van der Waals surface area contributed by atoms with E-state index in [0.717, 1.165) is 13.2 Å². The Kier molecular flexibility index (Phi) is 9.73. The molecule has 3 atom stereocenters. The Morgan fingerprint density at radius 1 is 0.893 bits per heavy atom. The highest BCUT2D eigenvalue weighted by Gasteiger charge is 2.41. The molecule has 28 heavy (non-hydrogen) atoms. The van der Waals surface area contributed by atoms with E-state index in [1.54, 1.807) is 0 Å². The number of hydrogen-bond donors (Lipinski definition) is 0. The van der Waals surface area contributed by atoms with Crippen LogP contribution in [0.3, 0.4) is 0 Å². The highest BCUT2D eigenvalue weighted by Crippen LogP contribution is 2.39. The van der Waals surface area contributed by atoms with Gasteiger partial charge in [-0.1, -0.05) is 87.9 Å². The Bertz CT molecular complexity index is 652. The summed E-state index contributed by atoms with van der Waals surface area (Å²) in [4.78, 5) is 2.73. The van der Waals surface area contributed by atoms with Crippen LogP contribution < -0.4 is 0 Å². The van der Waals surface area contributed by atoms with Crippen LogP contribution in [-0.4, -0.2) is 30.1 Å². The summed E-state index contributed by atoms with van der Waals surface area (Å²) in [6, 6.07) is 21.1. The zero-order valence-electron chi connectivity index (χ0n) is 18.5. The molecule has 0 bridgehead atoms. The molecule has 2 heteroatoms. The number of aryl methyl sites for hydroxylation is 2. The van der Waals surface area contributed by atoms with Gasteiger partial charge in [0.25, 0.3) is 0 Å². The lowest BCUT2D eigenvalue weighted by Crippen LogP contribution is -2.46. The SMILES string of the molecule is CC.CC.Cc1ccc([C@@H]2OCCN3[C@H](CCc4ccccc4)CC[C@@H]23)cc1. The predicted octanol–water partition coefficient (Wildman–Crippen LogP) is 6.58. The van der Waals surface area contributed by atoms with Gasteiger partial charge in [-0.05, 0) is 43.7 Å². The van der Waals surface area contributed by atoms with E-state index in [1.807, 2.05) is 27.7 Å². The minimum absolute atomic E-state index is 0.251. The minimum Gasteiger partial charge on any atom is -0.371 e. The molecular weight excluding hydrogens is 342 g/mol. The van der Waals surface area contributed by atoms with Gasteiger partial charge in [0.05, 0.1) is 12.7 Å². The predicted molar refractivity (Wildman–Crippen MR) is 121 cm³/mol. The number of benzene rings is 2. The number of rotatable bonds is 4. The fourth-order valence-electron chi connectivity index (χ4n) is 4.40. The fourth-order valence-corrected chi connectivity index (χ4v) is 4.40. The van der Waals surface area contributed by atoms with Crippen LogP contribution in [0.1, 0.15) is 69.8 Å². The van der Waals surface area contributed by atoms with Crippen molar-refractivity contribution in [3.8, 4) is 0 Å². The summed E-state index contributed by atoms with van der Waals surface area (Å²) in [5.41, 5.74) is 4.13. The number of morpholine rings is 1. The van der Waals surface area contributed by atoms with Crippen molar-refractivity contribution in [2.24, 2.45) is 0 Å². The van der Waals surface area contributed by atoms with E-state index in [1.165, 1.54) is 42.4 Å². The molecule has 0 spiro atoms. The Morgan fingerprint density at radius 3 is 2.25 bits per heavy atom. The molecular formula is C26H39NO. The summed E-state index contributed by atoms with van der Waals surface area (Å²) in [5, 5.41) is 0. The second-order valence-corrected chi connectivity index (χ2v) is 7.26. The van der Waals surface area contributed by atoms with Gasteiger partial charge in [-0.3, -0.25) is 4.90 Å². The van der Waals surface area contributed by atoms with Crippen LogP contribution in [0.4, 0.5) is 0 Å². The van der Waals surface area contributed by atoms with Crippen LogP contribution in [0.2, 0.25) is 0 Å². The first-order valence-electron chi connectivity index (χ1n) is 11.3. The van der Waals surface area contributed by atoms with Gasteiger partial charge < -0.3 is 4.74 Å². The Labute approximate surface area is 172 Å². The average molecular weight is 382 g/mol. The maximum Gasteiger partial charge on any atom is 0.0980 e. The van der Waals surface area contributed by atoms with Crippen molar-refractivity contribution in [2.45, 2.75) is 78.5 Å². The number of hydrogen-bond acceptors (Lipinski definition) is 2. The molecule has 2 heterocycles. The van der Waals surface area contributed by atoms with Gasteiger partial charge in [0.1, 0.15) is 0 Å². The lowest BCUT2D eigenvalue weighted by Gasteiger charge is -2.39. The molecule has 0 amide bonds. The molecule has 2 aliphatic rings. The molecule has 2 fully saturated rings. The van der Waals surface area contributed by atoms with E-state index in [9.17, 15) is 0 Å². The van der Waals surface area contributed by atoms with Gasteiger partial charge in [0.2, 0.25) is 0 Å². The van der Waals surface area contributed by atoms with Crippen LogP contribution in [-0.2, 0) is 11.2 Å². The molecule has 0 radical (unpaired) electrons. The van der Waals surface area contributed by atoms with E-state index in [0.29, 0.717) is 12.1 Å². The summed E-state index contributed by atoms with van der Waals surface area (Å²) in [7, 11) is 0. The van der Waals surface area contributed by atoms with E-state index in [4.69, 9.17) is 4.74 Å². The van der Waals surface area contributed by atoms with E-state index in [2.05, 4.69) is 66.4 Å². The average Bonchev–Trinajstić information content (AvgIpc) is 3.20. The van der Waals surface area contributed by atoms with Crippen molar-refractivity contribution in [3.05, 3.63) is 71.3 Å². The molecule has 0 aromatic heterocycles. The van der Waals surface area contributed by atoms with Crippen LogP contribution >= 0.6 is 0 Å². The normalized spacial score (nSPS) is 23.7. The Hall–Kier alpha value is -1.64. The number of fused-ring (bicyclic) bond motifs is 1. The summed E-state index contributed by atoms with van der Waals surface area (Å²) >= 11 is 0. The molecule has 2 aromatic rings. The second-order valence-electron chi connectivity index (χ2n) is 7.26. The van der Waals surface area contributed by atoms with E-state index >= 15 is 0 Å². The molecule has 0 aliphatic carbocycles. The molecule has 0 saturated carbocycles. The molecule has 2 aliphatic heterocycles. The fraction of sp³-hybridized carbons (Fsp3) is 0.538. The maximum atomic E-state index is 6.19. The van der Waals surface area contributed by atoms with Gasteiger partial charge in [0.15, 0.2) is 0 Å². The maximum absolute atomic E-state index is 6.19. The highest BCUT2D eigenvalue weighted by atomic mass is 16.5. The van der Waals surface area contributed by atoms with Crippen molar-refractivity contribution in [1.29, 1.82) is 0 Å². The largest absolute Gasteiger partial charge is 0.371 e. The van der Waals surface area contributed by atoms with Crippen molar-refractivity contribution >= 4 is 0 Å². The van der Waals surface area contributed by atoms with Crippen molar-refractivity contribution < 1.29 is 4.74 Å². The zero-order valence-corrected chi connectivity index (χ0v) is 18.5. The number of nitrogens with zero attached hydrogens (tertiary/aromatic N) is 1. The first-order valence-corrected chi connectivity index (χ1v) is 11.3. The number of ether oxygens (including phenoxy) is 1. The van der Waals surface area contributed by atoms with Crippen LogP contribution in [0.15, 0.2) is 54.6 Å². The molecule has 2 aromatic carbocycles.